The van der Waals surface area contributed by atoms with Crippen LogP contribution < -0.4 is 5.73 Å². The average molecular weight is 304 g/mol. The number of nitrogen functional groups attached to an aromatic ring is 1. The summed E-state index contributed by atoms with van der Waals surface area (Å²) in [4.78, 5) is 0.416. The summed E-state index contributed by atoms with van der Waals surface area (Å²) in [5, 5.41) is 0.345. The highest BCUT2D eigenvalue weighted by Crippen LogP contribution is 2.40. The summed E-state index contributed by atoms with van der Waals surface area (Å²) in [6.45, 7) is 0. The molecule has 2 N–H and O–H groups in total. The molecule has 2 aromatic rings. The molecule has 19 heavy (non-hydrogen) atoms. The number of benzene rings is 2. The second-order valence-electron chi connectivity index (χ2n) is 3.96. The van der Waals surface area contributed by atoms with Gasteiger partial charge in [-0.3, -0.25) is 0 Å². The molecule has 6 heteroatoms. The van der Waals surface area contributed by atoms with Crippen LogP contribution in [0.1, 0.15) is 5.56 Å². The largest absolute Gasteiger partial charge is 0.417 e. The molecular weight excluding hydrogens is 295 g/mol. The van der Waals surface area contributed by atoms with Crippen LogP contribution in [-0.4, -0.2) is 0 Å². The predicted octanol–water partition coefficient (Wildman–Crippen LogP) is 4.90. The third kappa shape index (κ3) is 2.98. The maximum absolute atomic E-state index is 13.0. The van der Waals surface area contributed by atoms with Gasteiger partial charge >= 0.3 is 6.18 Å². The quantitative estimate of drug-likeness (QED) is 0.569. The van der Waals surface area contributed by atoms with Crippen molar-refractivity contribution in [1.29, 1.82) is 0 Å². The number of anilines is 1. The Bertz CT molecular complexity index is 626. The zero-order valence-electron chi connectivity index (χ0n) is 9.50. The molecule has 0 fully saturated rings. The molecule has 2 aromatic carbocycles. The predicted molar refractivity (Wildman–Crippen MR) is 73.6 cm³/mol. The van der Waals surface area contributed by atoms with Crippen molar-refractivity contribution < 1.29 is 13.2 Å². The van der Waals surface area contributed by atoms with E-state index in [0.717, 1.165) is 6.07 Å². The van der Waals surface area contributed by atoms with Gasteiger partial charge < -0.3 is 5.73 Å². The fraction of sp³-hybridized carbons (Fsp3) is 0.0769. The zero-order valence-corrected chi connectivity index (χ0v) is 11.2. The minimum atomic E-state index is -4.49. The number of hydrogen-bond donors (Lipinski definition) is 2. The zero-order chi connectivity index (χ0) is 14.2. The van der Waals surface area contributed by atoms with Crippen LogP contribution in [0.5, 0.6) is 0 Å². The first-order valence-corrected chi connectivity index (χ1v) is 6.07. The van der Waals surface area contributed by atoms with E-state index in [1.165, 1.54) is 18.2 Å². The maximum Gasteiger partial charge on any atom is 0.417 e. The number of nitrogens with two attached hydrogens (primary N) is 1. The van der Waals surface area contributed by atoms with E-state index in [0.29, 0.717) is 15.5 Å². The number of rotatable bonds is 1. The Morgan fingerprint density at radius 1 is 1.00 bits per heavy atom. The molecule has 0 unspecified atom stereocenters. The Morgan fingerprint density at radius 2 is 1.68 bits per heavy atom. The molecule has 0 heterocycles. The fourth-order valence-electron chi connectivity index (χ4n) is 1.76. The molecule has 0 bridgehead atoms. The summed E-state index contributed by atoms with van der Waals surface area (Å²) in [5.41, 5.74) is 5.01. The van der Waals surface area contributed by atoms with Crippen LogP contribution in [0, 0.1) is 0 Å². The molecule has 0 spiro atoms. The fourth-order valence-corrected chi connectivity index (χ4v) is 2.19. The molecule has 0 saturated heterocycles. The van der Waals surface area contributed by atoms with Crippen LogP contribution in [0.2, 0.25) is 5.02 Å². The highest BCUT2D eigenvalue weighted by molar-refractivity contribution is 7.80. The third-order valence-corrected chi connectivity index (χ3v) is 3.22. The van der Waals surface area contributed by atoms with Gasteiger partial charge in [0.25, 0.3) is 0 Å². The highest BCUT2D eigenvalue weighted by Gasteiger charge is 2.34. The second-order valence-corrected chi connectivity index (χ2v) is 4.88. The summed E-state index contributed by atoms with van der Waals surface area (Å²) in [5.74, 6) is 0. The molecule has 0 aliphatic carbocycles. The Balaban J connectivity index is 2.72. The first-order chi connectivity index (χ1) is 8.79. The van der Waals surface area contributed by atoms with Crippen LogP contribution in [0.15, 0.2) is 41.3 Å². The average Bonchev–Trinajstić information content (AvgIpc) is 2.31. The summed E-state index contributed by atoms with van der Waals surface area (Å²) in [6, 6.07) is 8.21. The van der Waals surface area contributed by atoms with Crippen LogP contribution in [0.4, 0.5) is 18.9 Å². The third-order valence-electron chi connectivity index (χ3n) is 2.60. The van der Waals surface area contributed by atoms with Gasteiger partial charge in [0, 0.05) is 15.6 Å². The van der Waals surface area contributed by atoms with Crippen molar-refractivity contribution in [2.75, 3.05) is 5.73 Å². The first kappa shape index (κ1) is 14.1. The van der Waals surface area contributed by atoms with Crippen molar-refractivity contribution in [3.05, 3.63) is 47.0 Å². The number of hydrogen-bond acceptors (Lipinski definition) is 2. The lowest BCUT2D eigenvalue weighted by Gasteiger charge is -2.15. The lowest BCUT2D eigenvalue weighted by Crippen LogP contribution is -2.08. The number of alkyl halides is 3. The van der Waals surface area contributed by atoms with Crippen LogP contribution in [0.25, 0.3) is 11.1 Å². The molecular formula is C13H9ClF3NS. The second kappa shape index (κ2) is 4.98. The topological polar surface area (TPSA) is 26.0 Å². The molecule has 0 aliphatic heterocycles. The summed E-state index contributed by atoms with van der Waals surface area (Å²) < 4.78 is 39.1. The van der Waals surface area contributed by atoms with Crippen molar-refractivity contribution in [1.82, 2.24) is 0 Å². The van der Waals surface area contributed by atoms with E-state index in [4.69, 9.17) is 17.3 Å². The van der Waals surface area contributed by atoms with E-state index in [-0.39, 0.29) is 11.3 Å². The molecule has 0 aliphatic rings. The van der Waals surface area contributed by atoms with Crippen molar-refractivity contribution in [3.63, 3.8) is 0 Å². The van der Waals surface area contributed by atoms with Gasteiger partial charge in [-0.1, -0.05) is 17.7 Å². The highest BCUT2D eigenvalue weighted by atomic mass is 35.5. The van der Waals surface area contributed by atoms with E-state index in [9.17, 15) is 13.2 Å². The number of thiol groups is 1. The normalized spacial score (nSPS) is 11.6. The maximum atomic E-state index is 13.0. The van der Waals surface area contributed by atoms with E-state index < -0.39 is 11.7 Å². The monoisotopic (exact) mass is 303 g/mol. The van der Waals surface area contributed by atoms with E-state index in [1.807, 2.05) is 0 Å². The first-order valence-electron chi connectivity index (χ1n) is 5.24. The van der Waals surface area contributed by atoms with Gasteiger partial charge in [-0.15, -0.1) is 12.6 Å². The lowest BCUT2D eigenvalue weighted by atomic mass is 9.98. The van der Waals surface area contributed by atoms with Crippen LogP contribution in [0.3, 0.4) is 0 Å². The summed E-state index contributed by atoms with van der Waals surface area (Å²) >= 11 is 9.99. The van der Waals surface area contributed by atoms with Crippen LogP contribution in [-0.2, 0) is 6.18 Å². The molecule has 100 valence electrons. The van der Waals surface area contributed by atoms with Crippen LogP contribution >= 0.6 is 24.2 Å². The lowest BCUT2D eigenvalue weighted by molar-refractivity contribution is -0.137. The van der Waals surface area contributed by atoms with Gasteiger partial charge in [0.15, 0.2) is 0 Å². The van der Waals surface area contributed by atoms with Crippen molar-refractivity contribution >= 4 is 29.9 Å². The van der Waals surface area contributed by atoms with Crippen molar-refractivity contribution in [2.45, 2.75) is 11.1 Å². The minimum absolute atomic E-state index is 0.00852. The number of halogens is 4. The standard InChI is InChI=1S/C13H9ClF3NS/c14-7-1-4-12(19)10(5-7)9-3-2-8(18)6-11(9)13(15,16)17/h1-6,19H,18H2. The molecule has 0 aromatic heterocycles. The summed E-state index contributed by atoms with van der Waals surface area (Å²) in [7, 11) is 0. The molecule has 0 radical (unpaired) electrons. The van der Waals surface area contributed by atoms with Gasteiger partial charge in [-0.05, 0) is 41.5 Å². The van der Waals surface area contributed by atoms with Crippen molar-refractivity contribution in [2.24, 2.45) is 0 Å². The van der Waals surface area contributed by atoms with E-state index in [1.54, 1.807) is 12.1 Å². The Kier molecular flexibility index (Phi) is 3.69. The SMILES string of the molecule is Nc1ccc(-c2cc(Cl)ccc2S)c(C(F)(F)F)c1. The van der Waals surface area contributed by atoms with Crippen molar-refractivity contribution in [3.8, 4) is 11.1 Å². The van der Waals surface area contributed by atoms with Gasteiger partial charge in [0.1, 0.15) is 0 Å². The minimum Gasteiger partial charge on any atom is -0.399 e. The Morgan fingerprint density at radius 3 is 2.32 bits per heavy atom. The van der Waals surface area contributed by atoms with Gasteiger partial charge in [-0.2, -0.15) is 13.2 Å². The summed E-state index contributed by atoms with van der Waals surface area (Å²) in [6.07, 6.45) is -4.49. The smallest absolute Gasteiger partial charge is 0.399 e. The van der Waals surface area contributed by atoms with Gasteiger partial charge in [-0.25, -0.2) is 0 Å². The van der Waals surface area contributed by atoms with Gasteiger partial charge in [0.05, 0.1) is 5.56 Å². The molecule has 0 saturated carbocycles. The Hall–Kier alpha value is -1.33. The van der Waals surface area contributed by atoms with Gasteiger partial charge in [0.2, 0.25) is 0 Å². The van der Waals surface area contributed by atoms with E-state index >= 15 is 0 Å². The molecule has 1 nitrogen and oxygen atoms in total. The molecule has 0 amide bonds. The Labute approximate surface area is 118 Å². The molecule has 2 rings (SSSR count). The molecule has 0 atom stereocenters. The van der Waals surface area contributed by atoms with E-state index in [2.05, 4.69) is 12.6 Å².